The van der Waals surface area contributed by atoms with Gasteiger partial charge in [0, 0.05) is 6.42 Å². The maximum atomic E-state index is 13.0. The summed E-state index contributed by atoms with van der Waals surface area (Å²) in [7, 11) is 1.63. The zero-order chi connectivity index (χ0) is 50.6. The van der Waals surface area contributed by atoms with Gasteiger partial charge in [0.15, 0.2) is 0 Å². The van der Waals surface area contributed by atoms with E-state index >= 15 is 0 Å². The number of hydrogen-bond acceptors (Lipinski definition) is 5. The monoisotopic (exact) mass is 998 g/mol. The van der Waals surface area contributed by atoms with Crippen LogP contribution in [0.3, 0.4) is 0 Å². The van der Waals surface area contributed by atoms with E-state index in [9.17, 15) is 19.4 Å². The molecule has 69 heavy (non-hydrogen) atoms. The van der Waals surface area contributed by atoms with Crippen LogP contribution in [0.1, 0.15) is 316 Å². The molecule has 0 aromatic carbocycles. The Labute approximate surface area is 431 Å². The van der Waals surface area contributed by atoms with Gasteiger partial charge in [-0.15, -0.1) is 0 Å². The first-order valence-corrected chi connectivity index (χ1v) is 32.0. The van der Waals surface area contributed by atoms with Crippen molar-refractivity contribution in [2.24, 2.45) is 0 Å². The first kappa shape index (κ1) is 68.2. The molecule has 0 rings (SSSR count). The second-order valence-electron chi connectivity index (χ2n) is 22.4. The van der Waals surface area contributed by atoms with Crippen molar-refractivity contribution in [3.63, 3.8) is 0 Å². The van der Waals surface area contributed by atoms with E-state index < -0.39 is 20.0 Å². The fraction of sp³-hybridized carbons (Fsp3) is 0.950. The fourth-order valence-electron chi connectivity index (χ4n) is 9.46. The van der Waals surface area contributed by atoms with Crippen molar-refractivity contribution < 1.29 is 32.9 Å². The first-order chi connectivity index (χ1) is 33.5. The Hall–Kier alpha value is -0.760. The van der Waals surface area contributed by atoms with Crippen molar-refractivity contribution in [1.29, 1.82) is 0 Å². The molecule has 0 radical (unpaired) electrons. The highest BCUT2D eigenvalue weighted by Crippen LogP contribution is 2.43. The third-order valence-electron chi connectivity index (χ3n) is 14.3. The molecular formula is C60H122N2O6P+. The summed E-state index contributed by atoms with van der Waals surface area (Å²) in [5, 5.41) is 14.0. The number of aliphatic hydroxyl groups is 1. The standard InChI is InChI=1S/C60H121N2O6P/c1-6-8-10-12-14-16-18-20-22-23-24-25-26-27-28-29-30-31-32-33-34-35-36-37-38-39-40-42-44-46-48-50-52-54-60(64)61-58(57-68-69(65,66)67-56-55-62(3,4)5)59(63)53-51-49-47-45-43-41-21-19-17-15-13-11-9-7-2/h27-28,58-59,63H,6-26,29-57H2,1-5H3,(H-,61,64,65,66)/p+1/b28-27-. The number of nitrogens with zero attached hydrogens (tertiary/aromatic N) is 1. The fourth-order valence-corrected chi connectivity index (χ4v) is 10.2. The number of aliphatic hydroxyl groups excluding tert-OH is 1. The molecule has 0 bridgehead atoms. The number of likely N-dealkylation sites (N-methyl/N-ethyl adjacent to an activating group) is 1. The zero-order valence-electron chi connectivity index (χ0n) is 47.1. The number of amides is 1. The molecule has 0 aromatic rings. The van der Waals surface area contributed by atoms with E-state index in [1.165, 1.54) is 250 Å². The minimum Gasteiger partial charge on any atom is -0.391 e. The maximum Gasteiger partial charge on any atom is 0.472 e. The van der Waals surface area contributed by atoms with Crippen molar-refractivity contribution in [1.82, 2.24) is 5.32 Å². The molecule has 8 nitrogen and oxygen atoms in total. The Balaban J connectivity index is 3.95. The quantitative estimate of drug-likeness (QED) is 0.0243. The molecule has 0 saturated carbocycles. The van der Waals surface area contributed by atoms with Crippen LogP contribution in [0.5, 0.6) is 0 Å². The Morgan fingerprint density at radius 2 is 0.783 bits per heavy atom. The molecule has 3 unspecified atom stereocenters. The van der Waals surface area contributed by atoms with Gasteiger partial charge in [0.05, 0.1) is 39.9 Å². The number of unbranched alkanes of at least 4 members (excludes halogenated alkanes) is 42. The summed E-state index contributed by atoms with van der Waals surface area (Å²) < 4.78 is 23.8. The molecule has 3 N–H and O–H groups in total. The molecule has 0 fully saturated rings. The molecule has 1 amide bonds. The number of phosphoric acid groups is 1. The summed E-state index contributed by atoms with van der Waals surface area (Å²) in [6, 6.07) is -0.756. The molecule has 0 saturated heterocycles. The predicted octanol–water partition coefficient (Wildman–Crippen LogP) is 18.6. The minimum atomic E-state index is -4.32. The second-order valence-corrected chi connectivity index (χ2v) is 23.9. The number of rotatable bonds is 57. The largest absolute Gasteiger partial charge is 0.472 e. The lowest BCUT2D eigenvalue weighted by atomic mass is 10.0. The number of allylic oxidation sites excluding steroid dienone is 2. The zero-order valence-corrected chi connectivity index (χ0v) is 48.0. The third-order valence-corrected chi connectivity index (χ3v) is 15.2. The molecular weight excluding hydrogens is 876 g/mol. The van der Waals surface area contributed by atoms with Crippen LogP contribution in [-0.2, 0) is 18.4 Å². The van der Waals surface area contributed by atoms with Gasteiger partial charge in [-0.3, -0.25) is 13.8 Å². The molecule has 0 aliphatic heterocycles. The van der Waals surface area contributed by atoms with Crippen molar-refractivity contribution >= 4 is 13.7 Å². The topological polar surface area (TPSA) is 105 Å². The van der Waals surface area contributed by atoms with Gasteiger partial charge in [0.2, 0.25) is 5.91 Å². The number of nitrogens with one attached hydrogen (secondary N) is 1. The summed E-state index contributed by atoms with van der Waals surface area (Å²) in [5.74, 6) is -0.138. The van der Waals surface area contributed by atoms with Gasteiger partial charge < -0.3 is 19.8 Å². The van der Waals surface area contributed by atoms with Crippen molar-refractivity contribution in [2.45, 2.75) is 328 Å². The third kappa shape index (κ3) is 54.8. The van der Waals surface area contributed by atoms with E-state index in [0.717, 1.165) is 38.5 Å². The Morgan fingerprint density at radius 3 is 1.12 bits per heavy atom. The van der Waals surface area contributed by atoms with Crippen LogP contribution in [0.25, 0.3) is 0 Å². The van der Waals surface area contributed by atoms with Gasteiger partial charge in [-0.25, -0.2) is 4.57 Å². The van der Waals surface area contributed by atoms with E-state index in [1.54, 1.807) is 0 Å². The highest BCUT2D eigenvalue weighted by atomic mass is 31.2. The normalized spacial score (nSPS) is 13.9. The second kappa shape index (κ2) is 52.1. The molecule has 0 spiro atoms. The average Bonchev–Trinajstić information content (AvgIpc) is 3.31. The van der Waals surface area contributed by atoms with Crippen molar-refractivity contribution in [3.8, 4) is 0 Å². The number of carbonyl (C=O) groups excluding carboxylic acids is 1. The van der Waals surface area contributed by atoms with Gasteiger partial charge in [0.25, 0.3) is 0 Å². The van der Waals surface area contributed by atoms with Crippen molar-refractivity contribution in [2.75, 3.05) is 40.9 Å². The lowest BCUT2D eigenvalue weighted by molar-refractivity contribution is -0.870. The van der Waals surface area contributed by atoms with E-state index in [-0.39, 0.29) is 19.1 Å². The Morgan fingerprint density at radius 1 is 0.478 bits per heavy atom. The van der Waals surface area contributed by atoms with Crippen LogP contribution in [0.4, 0.5) is 0 Å². The SMILES string of the molecule is CCCCCCCCCCCCCC/C=C\CCCCCCCCCCCCCCCCCCCC(=O)NC(COP(=O)(O)OCC[N+](C)(C)C)C(O)CCCCCCCCCCCCCCCC. The highest BCUT2D eigenvalue weighted by molar-refractivity contribution is 7.47. The van der Waals surface area contributed by atoms with Crippen LogP contribution in [0.2, 0.25) is 0 Å². The van der Waals surface area contributed by atoms with Crippen LogP contribution >= 0.6 is 7.82 Å². The predicted molar refractivity (Wildman–Crippen MR) is 300 cm³/mol. The molecule has 0 aliphatic carbocycles. The molecule has 0 aromatic heterocycles. The Bertz CT molecular complexity index is 1130. The molecule has 0 aliphatic rings. The maximum absolute atomic E-state index is 13.0. The van der Waals surface area contributed by atoms with Crippen molar-refractivity contribution in [3.05, 3.63) is 12.2 Å². The van der Waals surface area contributed by atoms with Gasteiger partial charge in [-0.1, -0.05) is 283 Å². The van der Waals surface area contributed by atoms with Gasteiger partial charge in [-0.05, 0) is 38.5 Å². The first-order valence-electron chi connectivity index (χ1n) is 30.6. The molecule has 0 heterocycles. The van der Waals surface area contributed by atoms with E-state index in [0.29, 0.717) is 23.9 Å². The summed E-state index contributed by atoms with van der Waals surface area (Å²) in [4.78, 5) is 23.3. The Kier molecular flexibility index (Phi) is 51.5. The molecule has 3 atom stereocenters. The molecule has 412 valence electrons. The lowest BCUT2D eigenvalue weighted by Gasteiger charge is -2.26. The summed E-state index contributed by atoms with van der Waals surface area (Å²) in [6.45, 7) is 4.93. The number of hydrogen-bond donors (Lipinski definition) is 3. The summed E-state index contributed by atoms with van der Waals surface area (Å²) in [5.41, 5.74) is 0. The summed E-state index contributed by atoms with van der Waals surface area (Å²) >= 11 is 0. The highest BCUT2D eigenvalue weighted by Gasteiger charge is 2.28. The number of phosphoric ester groups is 1. The minimum absolute atomic E-state index is 0.0778. The molecule has 9 heteroatoms. The van der Waals surface area contributed by atoms with Crippen LogP contribution in [0, 0.1) is 0 Å². The smallest absolute Gasteiger partial charge is 0.391 e. The van der Waals surface area contributed by atoms with Crippen LogP contribution in [0.15, 0.2) is 12.2 Å². The van der Waals surface area contributed by atoms with Crippen LogP contribution < -0.4 is 5.32 Å². The lowest BCUT2D eigenvalue weighted by Crippen LogP contribution is -2.46. The van der Waals surface area contributed by atoms with Gasteiger partial charge >= 0.3 is 7.82 Å². The van der Waals surface area contributed by atoms with E-state index in [2.05, 4.69) is 31.3 Å². The number of quaternary nitrogens is 1. The van der Waals surface area contributed by atoms with Gasteiger partial charge in [-0.2, -0.15) is 0 Å². The number of carbonyl (C=O) groups is 1. The summed E-state index contributed by atoms with van der Waals surface area (Å²) in [6.07, 6.45) is 64.3. The van der Waals surface area contributed by atoms with Gasteiger partial charge in [0.1, 0.15) is 13.2 Å². The van der Waals surface area contributed by atoms with E-state index in [4.69, 9.17) is 9.05 Å². The average molecular weight is 999 g/mol. The van der Waals surface area contributed by atoms with Crippen LogP contribution in [-0.4, -0.2) is 73.4 Å². The van der Waals surface area contributed by atoms with E-state index in [1.807, 2.05) is 21.1 Å².